The predicted octanol–water partition coefficient (Wildman–Crippen LogP) is 1.98. The topological polar surface area (TPSA) is 105 Å². The van der Waals surface area contributed by atoms with Crippen LogP contribution in [0.1, 0.15) is 34.6 Å². The first-order valence-electron chi connectivity index (χ1n) is 6.82. The maximum atomic E-state index is 12.1. The third-order valence-electron chi connectivity index (χ3n) is 2.43. The smallest absolute Gasteiger partial charge is 0.407 e. The number of carbonyl (C=O) groups is 2. The third-order valence-corrected chi connectivity index (χ3v) is 8.94. The second kappa shape index (κ2) is 9.33. The number of hydrogen-bond acceptors (Lipinski definition) is 4. The molecule has 126 valence electrons. The number of thiol groups is 1. The number of ether oxygens (including phenoxy) is 1. The zero-order valence-corrected chi connectivity index (χ0v) is 15.1. The fraction of sp³-hybridized carbons (Fsp3) is 0.833. The zero-order valence-electron chi connectivity index (χ0n) is 13.2. The molecule has 0 bridgehead atoms. The Morgan fingerprint density at radius 1 is 1.38 bits per heavy atom. The van der Waals surface area contributed by atoms with E-state index in [1.54, 1.807) is 20.8 Å². The van der Waals surface area contributed by atoms with Gasteiger partial charge < -0.3 is 15.2 Å². The molecule has 0 radical (unpaired) electrons. The zero-order chi connectivity index (χ0) is 16.6. The van der Waals surface area contributed by atoms with E-state index in [-0.39, 0.29) is 0 Å². The number of carbonyl (C=O) groups excluding carboxylic acids is 1. The van der Waals surface area contributed by atoms with Crippen molar-refractivity contribution in [2.75, 3.05) is 18.1 Å². The molecular formula is C12H27N2O5PS. The highest BCUT2D eigenvalue weighted by atomic mass is 32.8. The van der Waals surface area contributed by atoms with Crippen molar-refractivity contribution in [3.8, 4) is 0 Å². The second-order valence-electron chi connectivity index (χ2n) is 5.52. The van der Waals surface area contributed by atoms with E-state index in [0.717, 1.165) is 0 Å². The number of carboxylic acid groups (broad SMARTS) is 1. The number of amides is 1. The molecule has 0 heterocycles. The lowest BCUT2D eigenvalue weighted by Crippen LogP contribution is -2.34. The van der Waals surface area contributed by atoms with Gasteiger partial charge in [0.2, 0.25) is 0 Å². The summed E-state index contributed by atoms with van der Waals surface area (Å²) in [5, 5.41) is 14.1. The standard InChI is InChI=1S/C12H27N2O5PS/c1-6-21(20(18)14-9(2)10(15)16)8-7-13-11(17)19-12(3,4)5/h9,20-21H,6-8H2,1-5H3,(H,13,17)(H,14,18)(H,15,16)/t9-/m0/s1. The van der Waals surface area contributed by atoms with E-state index in [4.69, 9.17) is 9.84 Å². The van der Waals surface area contributed by atoms with E-state index in [1.165, 1.54) is 6.92 Å². The Morgan fingerprint density at radius 3 is 2.38 bits per heavy atom. The van der Waals surface area contributed by atoms with Crippen molar-refractivity contribution >= 4 is 29.7 Å². The van der Waals surface area contributed by atoms with E-state index < -0.39 is 41.4 Å². The molecule has 0 rings (SSSR count). The maximum absolute atomic E-state index is 12.1. The minimum Gasteiger partial charge on any atom is -0.480 e. The van der Waals surface area contributed by atoms with Crippen LogP contribution in [0.2, 0.25) is 0 Å². The van der Waals surface area contributed by atoms with Gasteiger partial charge in [0, 0.05) is 6.54 Å². The molecule has 0 saturated carbocycles. The lowest BCUT2D eigenvalue weighted by molar-refractivity contribution is -0.138. The quantitative estimate of drug-likeness (QED) is 0.397. The van der Waals surface area contributed by atoms with Crippen LogP contribution in [0.5, 0.6) is 0 Å². The first kappa shape index (κ1) is 20.3. The van der Waals surface area contributed by atoms with Crippen molar-refractivity contribution in [3.05, 3.63) is 0 Å². The van der Waals surface area contributed by atoms with Crippen LogP contribution in [-0.4, -0.2) is 46.9 Å². The summed E-state index contributed by atoms with van der Waals surface area (Å²) >= 11 is 0. The molecule has 0 aliphatic heterocycles. The molecule has 1 amide bonds. The van der Waals surface area contributed by atoms with Crippen molar-refractivity contribution in [2.24, 2.45) is 0 Å². The Balaban J connectivity index is 4.18. The van der Waals surface area contributed by atoms with Crippen LogP contribution in [0.3, 0.4) is 0 Å². The summed E-state index contributed by atoms with van der Waals surface area (Å²) in [7, 11) is -3.00. The number of aliphatic carboxylic acids is 1. The monoisotopic (exact) mass is 342 g/mol. The molecule has 7 nitrogen and oxygen atoms in total. The van der Waals surface area contributed by atoms with Gasteiger partial charge in [0.05, 0.1) is 0 Å². The van der Waals surface area contributed by atoms with E-state index in [0.29, 0.717) is 18.1 Å². The molecule has 0 fully saturated rings. The minimum atomic E-state index is -2.16. The van der Waals surface area contributed by atoms with Gasteiger partial charge >= 0.3 is 12.1 Å². The van der Waals surface area contributed by atoms with Crippen molar-refractivity contribution < 1.29 is 24.0 Å². The highest BCUT2D eigenvalue weighted by Gasteiger charge is 2.18. The van der Waals surface area contributed by atoms with Gasteiger partial charge in [-0.25, -0.2) is 9.88 Å². The Kier molecular flexibility index (Phi) is 9.01. The number of nitrogens with one attached hydrogen (secondary N) is 2. The van der Waals surface area contributed by atoms with Crippen LogP contribution >= 0.6 is 17.7 Å². The SMILES string of the molecule is CC[SH](CCNC(=O)OC(C)(C)C)[PH](=O)N[C@@H](C)C(=O)O. The summed E-state index contributed by atoms with van der Waals surface area (Å²) in [5.41, 5.74) is -0.550. The Labute approximate surface area is 129 Å². The van der Waals surface area contributed by atoms with Crippen LogP contribution in [0.4, 0.5) is 4.79 Å². The molecular weight excluding hydrogens is 315 g/mol. The van der Waals surface area contributed by atoms with Gasteiger partial charge in [0.15, 0.2) is 7.15 Å². The van der Waals surface area contributed by atoms with E-state index in [1.807, 2.05) is 6.92 Å². The highest BCUT2D eigenvalue weighted by Crippen LogP contribution is 2.49. The average Bonchev–Trinajstić information content (AvgIpc) is 2.31. The Hall–Kier alpha value is -0.720. The summed E-state index contributed by atoms with van der Waals surface area (Å²) in [6, 6.07) is -0.827. The van der Waals surface area contributed by atoms with Gasteiger partial charge in [-0.05, 0) is 39.2 Å². The normalized spacial score (nSPS) is 16.7. The molecule has 0 aliphatic rings. The fourth-order valence-corrected chi connectivity index (χ4v) is 6.15. The highest BCUT2D eigenvalue weighted by molar-refractivity contribution is 8.62. The fourth-order valence-electron chi connectivity index (χ4n) is 1.35. The first-order valence-corrected chi connectivity index (χ1v) is 10.8. The molecule has 2 unspecified atom stereocenters. The number of rotatable bonds is 8. The predicted molar refractivity (Wildman–Crippen MR) is 87.9 cm³/mol. The third kappa shape index (κ3) is 9.77. The van der Waals surface area contributed by atoms with Crippen LogP contribution in [0.25, 0.3) is 0 Å². The van der Waals surface area contributed by atoms with Gasteiger partial charge in [-0.2, -0.15) is 10.5 Å². The molecule has 0 aromatic carbocycles. The molecule has 0 aromatic heterocycles. The van der Waals surface area contributed by atoms with Crippen molar-refractivity contribution in [1.82, 2.24) is 10.4 Å². The van der Waals surface area contributed by atoms with E-state index >= 15 is 0 Å². The van der Waals surface area contributed by atoms with Gasteiger partial charge in [0.25, 0.3) is 0 Å². The summed E-state index contributed by atoms with van der Waals surface area (Å²) in [4.78, 5) is 22.2. The van der Waals surface area contributed by atoms with Gasteiger partial charge in [-0.3, -0.25) is 9.36 Å². The molecule has 0 aromatic rings. The van der Waals surface area contributed by atoms with E-state index in [2.05, 4.69) is 10.4 Å². The number of hydrogen-bond donors (Lipinski definition) is 4. The lowest BCUT2D eigenvalue weighted by Gasteiger charge is -2.23. The van der Waals surface area contributed by atoms with E-state index in [9.17, 15) is 14.2 Å². The summed E-state index contributed by atoms with van der Waals surface area (Å²) in [6.45, 7) is 9.08. The largest absolute Gasteiger partial charge is 0.480 e. The van der Waals surface area contributed by atoms with Gasteiger partial charge in [0.1, 0.15) is 11.6 Å². The molecule has 9 heteroatoms. The Bertz CT molecular complexity index is 386. The molecule has 3 N–H and O–H groups in total. The molecule has 0 spiro atoms. The van der Waals surface area contributed by atoms with Gasteiger partial charge in [-0.1, -0.05) is 6.92 Å². The molecule has 21 heavy (non-hydrogen) atoms. The lowest BCUT2D eigenvalue weighted by atomic mass is 10.2. The molecule has 0 saturated heterocycles. The van der Waals surface area contributed by atoms with Crippen molar-refractivity contribution in [2.45, 2.75) is 46.3 Å². The number of carboxylic acids is 1. The Morgan fingerprint density at radius 2 is 1.95 bits per heavy atom. The maximum Gasteiger partial charge on any atom is 0.407 e. The summed E-state index contributed by atoms with van der Waals surface area (Å²) < 4.78 is 17.2. The molecule has 0 aliphatic carbocycles. The van der Waals surface area contributed by atoms with Crippen LogP contribution in [-0.2, 0) is 14.1 Å². The van der Waals surface area contributed by atoms with Crippen LogP contribution in [0.15, 0.2) is 0 Å². The summed E-state index contributed by atoms with van der Waals surface area (Å²) in [6.07, 6.45) is -0.500. The van der Waals surface area contributed by atoms with Crippen LogP contribution < -0.4 is 10.4 Å². The minimum absolute atomic E-state index is 0.369. The second-order valence-corrected chi connectivity index (χ2v) is 11.7. The molecule has 3 atom stereocenters. The van der Waals surface area contributed by atoms with Crippen molar-refractivity contribution in [3.63, 3.8) is 0 Å². The average molecular weight is 342 g/mol. The number of alkyl carbamates (subject to hydrolysis) is 1. The van der Waals surface area contributed by atoms with Gasteiger partial charge in [-0.15, -0.1) is 0 Å². The summed E-state index contributed by atoms with van der Waals surface area (Å²) in [5.74, 6) is 0.260. The van der Waals surface area contributed by atoms with Crippen molar-refractivity contribution in [1.29, 1.82) is 0 Å². The first-order chi connectivity index (χ1) is 9.56. The van der Waals surface area contributed by atoms with Crippen LogP contribution in [0, 0.1) is 0 Å².